The van der Waals surface area contributed by atoms with E-state index in [-0.39, 0.29) is 19.5 Å². The van der Waals surface area contributed by atoms with Gasteiger partial charge in [-0.25, -0.2) is 0 Å². The minimum atomic E-state index is -4.57. The van der Waals surface area contributed by atoms with Crippen LogP contribution in [0, 0.1) is 5.41 Å². The van der Waals surface area contributed by atoms with Crippen molar-refractivity contribution in [3.63, 3.8) is 0 Å². The predicted octanol–water partition coefficient (Wildman–Crippen LogP) is 0.948. The zero-order chi connectivity index (χ0) is 14.1. The number of amides is 1. The van der Waals surface area contributed by atoms with E-state index >= 15 is 0 Å². The molecular weight excluding hydrogens is 261 g/mol. The molecule has 0 spiro atoms. The normalized spacial score (nSPS) is 36.2. The third kappa shape index (κ3) is 2.72. The number of nitrogens with one attached hydrogen (secondary N) is 2. The fourth-order valence-electron chi connectivity index (χ4n) is 2.84. The van der Waals surface area contributed by atoms with Crippen LogP contribution >= 0.6 is 0 Å². The molecule has 19 heavy (non-hydrogen) atoms. The number of halogens is 3. The van der Waals surface area contributed by atoms with Crippen molar-refractivity contribution in [2.75, 3.05) is 13.1 Å². The second-order valence-corrected chi connectivity index (χ2v) is 5.44. The summed E-state index contributed by atoms with van der Waals surface area (Å²) in [5.41, 5.74) is -2.34. The number of hydrogen-bond donors (Lipinski definition) is 3. The van der Waals surface area contributed by atoms with Crippen molar-refractivity contribution < 1.29 is 23.1 Å². The highest BCUT2D eigenvalue weighted by molar-refractivity contribution is 5.84. The van der Waals surface area contributed by atoms with Crippen LogP contribution in [0.5, 0.6) is 0 Å². The van der Waals surface area contributed by atoms with Crippen molar-refractivity contribution in [2.45, 2.75) is 50.4 Å². The lowest BCUT2D eigenvalue weighted by molar-refractivity contribution is -0.216. The summed E-state index contributed by atoms with van der Waals surface area (Å²) in [5, 5.41) is 14.8. The van der Waals surface area contributed by atoms with Crippen LogP contribution in [-0.4, -0.2) is 42.4 Å². The lowest BCUT2D eigenvalue weighted by Gasteiger charge is -2.34. The van der Waals surface area contributed by atoms with Gasteiger partial charge in [-0.3, -0.25) is 4.79 Å². The van der Waals surface area contributed by atoms with E-state index in [4.69, 9.17) is 0 Å². The molecule has 0 aromatic heterocycles. The first kappa shape index (κ1) is 14.6. The number of carbonyl (C=O) groups excluding carboxylic acids is 1. The maximum atomic E-state index is 13.2. The van der Waals surface area contributed by atoms with Gasteiger partial charge in [-0.05, 0) is 25.8 Å². The van der Waals surface area contributed by atoms with Crippen molar-refractivity contribution >= 4 is 5.91 Å². The topological polar surface area (TPSA) is 61.4 Å². The van der Waals surface area contributed by atoms with Gasteiger partial charge in [0.2, 0.25) is 5.91 Å². The van der Waals surface area contributed by atoms with Crippen LogP contribution in [0.25, 0.3) is 0 Å². The van der Waals surface area contributed by atoms with Crippen LogP contribution in [0.4, 0.5) is 13.2 Å². The minimum Gasteiger partial charge on any atom is -0.391 e. The fourth-order valence-corrected chi connectivity index (χ4v) is 2.84. The molecule has 0 radical (unpaired) electrons. The number of hydrogen-bond acceptors (Lipinski definition) is 3. The largest absolute Gasteiger partial charge is 0.404 e. The van der Waals surface area contributed by atoms with Gasteiger partial charge in [-0.15, -0.1) is 0 Å². The SMILES string of the molecule is O=C(N[C@H]1CCCC[C@@H]1O)C1(C(F)(F)F)CCNC1. The van der Waals surface area contributed by atoms with E-state index in [0.29, 0.717) is 12.8 Å². The van der Waals surface area contributed by atoms with Gasteiger partial charge in [0.15, 0.2) is 5.41 Å². The molecule has 1 saturated carbocycles. The first-order valence-electron chi connectivity index (χ1n) is 6.63. The molecule has 2 rings (SSSR count). The Morgan fingerprint density at radius 2 is 2.00 bits per heavy atom. The van der Waals surface area contributed by atoms with Gasteiger partial charge in [0.25, 0.3) is 0 Å². The maximum absolute atomic E-state index is 13.2. The summed E-state index contributed by atoms with van der Waals surface area (Å²) in [6, 6.07) is -0.555. The van der Waals surface area contributed by atoms with Gasteiger partial charge in [0.05, 0.1) is 12.1 Å². The smallest absolute Gasteiger partial charge is 0.391 e. The van der Waals surface area contributed by atoms with Crippen LogP contribution in [0.2, 0.25) is 0 Å². The lowest BCUT2D eigenvalue weighted by Crippen LogP contribution is -2.56. The quantitative estimate of drug-likeness (QED) is 0.706. The van der Waals surface area contributed by atoms with Gasteiger partial charge in [0.1, 0.15) is 0 Å². The standard InChI is InChI=1S/C12H19F3N2O2/c13-12(14,15)11(5-6-16-7-11)10(19)17-8-3-1-2-4-9(8)18/h8-9,16,18H,1-7H2,(H,17,19)/t8-,9-,11?/m0/s1. The molecule has 2 fully saturated rings. The Morgan fingerprint density at radius 1 is 1.32 bits per heavy atom. The Kier molecular flexibility index (Phi) is 4.06. The molecule has 4 nitrogen and oxygen atoms in total. The summed E-state index contributed by atoms with van der Waals surface area (Å²) in [5.74, 6) is -1.00. The second kappa shape index (κ2) is 5.28. The van der Waals surface area contributed by atoms with Crippen molar-refractivity contribution in [2.24, 2.45) is 5.41 Å². The van der Waals surface area contributed by atoms with E-state index in [9.17, 15) is 23.1 Å². The lowest BCUT2D eigenvalue weighted by atomic mass is 9.83. The van der Waals surface area contributed by atoms with Crippen LogP contribution in [0.15, 0.2) is 0 Å². The zero-order valence-corrected chi connectivity index (χ0v) is 10.6. The van der Waals surface area contributed by atoms with Gasteiger partial charge in [-0.1, -0.05) is 12.8 Å². The number of aliphatic hydroxyl groups excluding tert-OH is 1. The summed E-state index contributed by atoms with van der Waals surface area (Å²) >= 11 is 0. The second-order valence-electron chi connectivity index (χ2n) is 5.44. The van der Waals surface area contributed by atoms with Gasteiger partial charge in [-0.2, -0.15) is 13.2 Å². The molecular formula is C12H19F3N2O2. The zero-order valence-electron chi connectivity index (χ0n) is 10.6. The van der Waals surface area contributed by atoms with E-state index in [1.54, 1.807) is 0 Å². The summed E-state index contributed by atoms with van der Waals surface area (Å²) in [6.07, 6.45) is -2.82. The number of alkyl halides is 3. The van der Waals surface area contributed by atoms with E-state index in [2.05, 4.69) is 10.6 Å². The van der Waals surface area contributed by atoms with E-state index in [1.807, 2.05) is 0 Å². The molecule has 1 saturated heterocycles. The first-order valence-corrected chi connectivity index (χ1v) is 6.63. The van der Waals surface area contributed by atoms with Crippen molar-refractivity contribution in [1.29, 1.82) is 0 Å². The molecule has 1 amide bonds. The summed E-state index contributed by atoms with van der Waals surface area (Å²) in [7, 11) is 0. The Balaban J connectivity index is 2.08. The molecule has 0 bridgehead atoms. The van der Waals surface area contributed by atoms with Crippen LogP contribution in [-0.2, 0) is 4.79 Å². The van der Waals surface area contributed by atoms with Crippen LogP contribution in [0.1, 0.15) is 32.1 Å². The molecule has 1 unspecified atom stereocenters. The summed E-state index contributed by atoms with van der Waals surface area (Å²) in [4.78, 5) is 12.0. The van der Waals surface area contributed by atoms with E-state index in [1.165, 1.54) is 0 Å². The molecule has 7 heteroatoms. The Hall–Kier alpha value is -0.820. The Bertz CT molecular complexity index is 340. The number of rotatable bonds is 2. The average molecular weight is 280 g/mol. The van der Waals surface area contributed by atoms with Crippen molar-refractivity contribution in [1.82, 2.24) is 10.6 Å². The highest BCUT2D eigenvalue weighted by Crippen LogP contribution is 2.43. The van der Waals surface area contributed by atoms with Gasteiger partial charge in [0, 0.05) is 6.54 Å². The monoisotopic (exact) mass is 280 g/mol. The van der Waals surface area contributed by atoms with Gasteiger partial charge < -0.3 is 15.7 Å². The molecule has 3 atom stereocenters. The molecule has 1 heterocycles. The highest BCUT2D eigenvalue weighted by atomic mass is 19.4. The first-order chi connectivity index (χ1) is 8.87. The fraction of sp³-hybridized carbons (Fsp3) is 0.917. The maximum Gasteiger partial charge on any atom is 0.404 e. The molecule has 1 aliphatic carbocycles. The number of carbonyl (C=O) groups is 1. The minimum absolute atomic E-state index is 0.181. The summed E-state index contributed by atoms with van der Waals surface area (Å²) in [6.45, 7) is -0.203. The summed E-state index contributed by atoms with van der Waals surface area (Å²) < 4.78 is 39.5. The Morgan fingerprint density at radius 3 is 2.53 bits per heavy atom. The molecule has 0 aromatic rings. The Labute approximate surface area is 109 Å². The van der Waals surface area contributed by atoms with Crippen molar-refractivity contribution in [3.8, 4) is 0 Å². The van der Waals surface area contributed by atoms with E-state index in [0.717, 1.165) is 12.8 Å². The molecule has 2 aliphatic rings. The van der Waals surface area contributed by atoms with Crippen LogP contribution in [0.3, 0.4) is 0 Å². The highest BCUT2D eigenvalue weighted by Gasteiger charge is 2.61. The average Bonchev–Trinajstić information content (AvgIpc) is 2.82. The number of aliphatic hydroxyl groups is 1. The third-order valence-corrected chi connectivity index (χ3v) is 4.18. The van der Waals surface area contributed by atoms with Crippen molar-refractivity contribution in [3.05, 3.63) is 0 Å². The molecule has 3 N–H and O–H groups in total. The molecule has 1 aliphatic heterocycles. The van der Waals surface area contributed by atoms with E-state index < -0.39 is 29.6 Å². The van der Waals surface area contributed by atoms with Crippen LogP contribution < -0.4 is 10.6 Å². The molecule has 0 aromatic carbocycles. The van der Waals surface area contributed by atoms with Gasteiger partial charge >= 0.3 is 6.18 Å². The third-order valence-electron chi connectivity index (χ3n) is 4.18. The molecule has 110 valence electrons. The predicted molar refractivity (Wildman–Crippen MR) is 62.4 cm³/mol.